The number of nitrogens with one attached hydrogen (secondary N) is 1. The van der Waals surface area contributed by atoms with Crippen molar-refractivity contribution in [3.63, 3.8) is 0 Å². The van der Waals surface area contributed by atoms with Crippen LogP contribution in [0.5, 0.6) is 5.75 Å². The van der Waals surface area contributed by atoms with Gasteiger partial charge in [0.05, 0.1) is 12.7 Å². The molecule has 1 amide bonds. The van der Waals surface area contributed by atoms with Crippen LogP contribution in [0.4, 0.5) is 5.69 Å². The fourth-order valence-corrected chi connectivity index (χ4v) is 0.937. The van der Waals surface area contributed by atoms with E-state index in [2.05, 4.69) is 0 Å². The number of rotatable bonds is 2. The van der Waals surface area contributed by atoms with E-state index in [0.717, 1.165) is 0 Å². The topological polar surface area (TPSA) is 90.4 Å². The standard InChI is InChI=1S/C8H11N3O2/c1-13-5-2-3-7(9)6(4-5)8(12)11-10/h2-4H,9-10H2,1H3,(H,11,12). The molecule has 0 heterocycles. The molecule has 5 N–H and O–H groups in total. The predicted molar refractivity (Wildman–Crippen MR) is 49.1 cm³/mol. The van der Waals surface area contributed by atoms with Crippen molar-refractivity contribution in [2.24, 2.45) is 5.84 Å². The summed E-state index contributed by atoms with van der Waals surface area (Å²) in [5.41, 5.74) is 8.22. The Morgan fingerprint density at radius 3 is 2.77 bits per heavy atom. The molecule has 0 aliphatic rings. The Morgan fingerprint density at radius 1 is 1.54 bits per heavy atom. The molecule has 0 spiro atoms. The Labute approximate surface area is 75.6 Å². The van der Waals surface area contributed by atoms with Crippen LogP contribution < -0.4 is 21.7 Å². The second-order valence-electron chi connectivity index (χ2n) is 2.43. The molecule has 0 fully saturated rings. The number of nitrogens with two attached hydrogens (primary N) is 2. The van der Waals surface area contributed by atoms with Gasteiger partial charge in [0, 0.05) is 5.69 Å². The van der Waals surface area contributed by atoms with Crippen LogP contribution in [0.25, 0.3) is 0 Å². The van der Waals surface area contributed by atoms with Gasteiger partial charge in [-0.15, -0.1) is 0 Å². The number of carbonyl (C=O) groups excluding carboxylic acids is 1. The number of anilines is 1. The van der Waals surface area contributed by atoms with Crippen molar-refractivity contribution in [3.8, 4) is 5.75 Å². The molecule has 1 aromatic carbocycles. The molecule has 1 rings (SSSR count). The van der Waals surface area contributed by atoms with Gasteiger partial charge in [0.1, 0.15) is 5.75 Å². The maximum Gasteiger partial charge on any atom is 0.267 e. The van der Waals surface area contributed by atoms with E-state index in [1.807, 2.05) is 5.43 Å². The Balaban J connectivity index is 3.11. The fraction of sp³-hybridized carbons (Fsp3) is 0.125. The first-order valence-electron chi connectivity index (χ1n) is 3.63. The quantitative estimate of drug-likeness (QED) is 0.257. The van der Waals surface area contributed by atoms with Crippen molar-refractivity contribution >= 4 is 11.6 Å². The van der Waals surface area contributed by atoms with Crippen molar-refractivity contribution in [1.82, 2.24) is 5.43 Å². The summed E-state index contributed by atoms with van der Waals surface area (Å²) in [5.74, 6) is 5.10. The third-order valence-corrected chi connectivity index (χ3v) is 1.64. The fourth-order valence-electron chi connectivity index (χ4n) is 0.937. The normalized spacial score (nSPS) is 9.38. The minimum Gasteiger partial charge on any atom is -0.497 e. The molecule has 0 atom stereocenters. The number of hydrogen-bond donors (Lipinski definition) is 3. The van der Waals surface area contributed by atoms with E-state index in [4.69, 9.17) is 16.3 Å². The zero-order valence-electron chi connectivity index (χ0n) is 7.20. The highest BCUT2D eigenvalue weighted by Crippen LogP contribution is 2.18. The Bertz CT molecular complexity index is 325. The second kappa shape index (κ2) is 3.77. The molecule has 0 radical (unpaired) electrons. The van der Waals surface area contributed by atoms with Gasteiger partial charge in [-0.25, -0.2) is 5.84 Å². The number of amides is 1. The monoisotopic (exact) mass is 181 g/mol. The summed E-state index contributed by atoms with van der Waals surface area (Å²) in [5, 5.41) is 0. The van der Waals surface area contributed by atoms with Crippen LogP contribution in [0.2, 0.25) is 0 Å². The summed E-state index contributed by atoms with van der Waals surface area (Å²) in [6.45, 7) is 0. The van der Waals surface area contributed by atoms with Crippen LogP contribution in [-0.4, -0.2) is 13.0 Å². The zero-order valence-corrected chi connectivity index (χ0v) is 7.20. The van der Waals surface area contributed by atoms with E-state index in [-0.39, 0.29) is 0 Å². The van der Waals surface area contributed by atoms with Gasteiger partial charge in [-0.3, -0.25) is 10.2 Å². The van der Waals surface area contributed by atoms with Gasteiger partial charge in [-0.2, -0.15) is 0 Å². The molecule has 0 saturated carbocycles. The molecule has 5 heteroatoms. The third kappa shape index (κ3) is 1.88. The number of ether oxygens (including phenoxy) is 1. The van der Waals surface area contributed by atoms with Gasteiger partial charge >= 0.3 is 0 Å². The molecule has 0 aliphatic carbocycles. The number of carbonyl (C=O) groups is 1. The molecule has 13 heavy (non-hydrogen) atoms. The van der Waals surface area contributed by atoms with Gasteiger partial charge in [0.15, 0.2) is 0 Å². The molecule has 70 valence electrons. The van der Waals surface area contributed by atoms with Gasteiger partial charge in [0.25, 0.3) is 5.91 Å². The van der Waals surface area contributed by atoms with E-state index in [1.54, 1.807) is 12.1 Å². The molecular formula is C8H11N3O2. The number of hydrogen-bond acceptors (Lipinski definition) is 4. The molecule has 0 aromatic heterocycles. The minimum absolute atomic E-state index is 0.307. The summed E-state index contributed by atoms with van der Waals surface area (Å²) >= 11 is 0. The van der Waals surface area contributed by atoms with Crippen LogP contribution in [0.3, 0.4) is 0 Å². The Kier molecular flexibility index (Phi) is 2.71. The van der Waals surface area contributed by atoms with Gasteiger partial charge in [-0.05, 0) is 18.2 Å². The van der Waals surface area contributed by atoms with E-state index < -0.39 is 5.91 Å². The second-order valence-corrected chi connectivity index (χ2v) is 2.43. The van der Waals surface area contributed by atoms with Crippen molar-refractivity contribution in [2.75, 3.05) is 12.8 Å². The maximum atomic E-state index is 11.1. The van der Waals surface area contributed by atoms with Gasteiger partial charge in [-0.1, -0.05) is 0 Å². The lowest BCUT2D eigenvalue weighted by Gasteiger charge is -2.05. The highest BCUT2D eigenvalue weighted by molar-refractivity contribution is 5.99. The van der Waals surface area contributed by atoms with Crippen molar-refractivity contribution in [2.45, 2.75) is 0 Å². The smallest absolute Gasteiger partial charge is 0.267 e. The molecule has 0 saturated heterocycles. The van der Waals surface area contributed by atoms with Crippen LogP contribution in [0.1, 0.15) is 10.4 Å². The Morgan fingerprint density at radius 2 is 2.23 bits per heavy atom. The number of benzene rings is 1. The van der Waals surface area contributed by atoms with E-state index in [0.29, 0.717) is 17.0 Å². The summed E-state index contributed by atoms with van der Waals surface area (Å²) in [6.07, 6.45) is 0. The molecule has 0 aliphatic heterocycles. The molecule has 1 aromatic rings. The highest BCUT2D eigenvalue weighted by atomic mass is 16.5. The van der Waals surface area contributed by atoms with Crippen LogP contribution >= 0.6 is 0 Å². The van der Waals surface area contributed by atoms with E-state index in [1.165, 1.54) is 13.2 Å². The minimum atomic E-state index is -0.434. The zero-order chi connectivity index (χ0) is 9.84. The van der Waals surface area contributed by atoms with Crippen molar-refractivity contribution in [3.05, 3.63) is 23.8 Å². The predicted octanol–water partition coefficient (Wildman–Crippen LogP) is -0.119. The summed E-state index contributed by atoms with van der Waals surface area (Å²) in [7, 11) is 1.51. The van der Waals surface area contributed by atoms with Crippen molar-refractivity contribution < 1.29 is 9.53 Å². The average Bonchev–Trinajstić information content (AvgIpc) is 2.17. The SMILES string of the molecule is COc1ccc(N)c(C(=O)NN)c1. The lowest BCUT2D eigenvalue weighted by Crippen LogP contribution is -2.30. The van der Waals surface area contributed by atoms with Gasteiger partial charge in [0.2, 0.25) is 0 Å². The lowest BCUT2D eigenvalue weighted by atomic mass is 10.1. The number of methoxy groups -OCH3 is 1. The molecule has 0 unspecified atom stereocenters. The van der Waals surface area contributed by atoms with Crippen LogP contribution in [0.15, 0.2) is 18.2 Å². The van der Waals surface area contributed by atoms with Gasteiger partial charge < -0.3 is 10.5 Å². The van der Waals surface area contributed by atoms with Crippen LogP contribution in [-0.2, 0) is 0 Å². The maximum absolute atomic E-state index is 11.1. The third-order valence-electron chi connectivity index (χ3n) is 1.64. The van der Waals surface area contributed by atoms with Crippen molar-refractivity contribution in [1.29, 1.82) is 0 Å². The molecular weight excluding hydrogens is 170 g/mol. The van der Waals surface area contributed by atoms with E-state index >= 15 is 0 Å². The molecule has 0 bridgehead atoms. The largest absolute Gasteiger partial charge is 0.497 e. The summed E-state index contributed by atoms with van der Waals surface area (Å²) < 4.78 is 4.93. The first kappa shape index (κ1) is 9.34. The summed E-state index contributed by atoms with van der Waals surface area (Å²) in [6, 6.07) is 4.78. The average molecular weight is 181 g/mol. The number of nitrogen functional groups attached to an aromatic ring is 2. The highest BCUT2D eigenvalue weighted by Gasteiger charge is 2.08. The summed E-state index contributed by atoms with van der Waals surface area (Å²) in [4.78, 5) is 11.1. The Hall–Kier alpha value is -1.75. The lowest BCUT2D eigenvalue weighted by molar-refractivity contribution is 0.0954. The number of hydrazine groups is 1. The molecule has 5 nitrogen and oxygen atoms in total. The first-order chi connectivity index (χ1) is 6.19. The van der Waals surface area contributed by atoms with Crippen LogP contribution in [0, 0.1) is 0 Å². The first-order valence-corrected chi connectivity index (χ1v) is 3.63. The van der Waals surface area contributed by atoms with E-state index in [9.17, 15) is 4.79 Å².